The minimum Gasteiger partial charge on any atom is -0.493 e. The standard InChI is InChI=1S/C19H19FN2O3/c1-22-16(12-5-7-14(20)8-6-12)11-15(21-22)13-9-17(23-2)19(25-4)18(10-13)24-3/h5-11H,1-4H3. The number of nitrogens with zero attached hydrogens (tertiary/aromatic N) is 2. The number of aromatic nitrogens is 2. The molecule has 25 heavy (non-hydrogen) atoms. The summed E-state index contributed by atoms with van der Waals surface area (Å²) in [6, 6.07) is 11.9. The van der Waals surface area contributed by atoms with Gasteiger partial charge in [-0.1, -0.05) is 0 Å². The van der Waals surface area contributed by atoms with Crippen LogP contribution < -0.4 is 14.2 Å². The third kappa shape index (κ3) is 3.15. The number of hydrogen-bond donors (Lipinski definition) is 0. The Morgan fingerprint density at radius 1 is 0.840 bits per heavy atom. The highest BCUT2D eigenvalue weighted by atomic mass is 19.1. The normalized spacial score (nSPS) is 10.6. The molecule has 1 heterocycles. The molecule has 0 unspecified atom stereocenters. The van der Waals surface area contributed by atoms with Crippen LogP contribution in [0.5, 0.6) is 17.2 Å². The van der Waals surface area contributed by atoms with Gasteiger partial charge in [0, 0.05) is 12.6 Å². The van der Waals surface area contributed by atoms with E-state index in [2.05, 4.69) is 5.10 Å². The monoisotopic (exact) mass is 342 g/mol. The largest absolute Gasteiger partial charge is 0.493 e. The summed E-state index contributed by atoms with van der Waals surface area (Å²) in [5, 5.41) is 4.56. The Bertz CT molecular complexity index is 863. The highest BCUT2D eigenvalue weighted by molar-refractivity contribution is 5.73. The number of rotatable bonds is 5. The van der Waals surface area contributed by atoms with Gasteiger partial charge < -0.3 is 14.2 Å². The van der Waals surface area contributed by atoms with E-state index in [1.165, 1.54) is 12.1 Å². The van der Waals surface area contributed by atoms with Crippen LogP contribution in [-0.4, -0.2) is 31.1 Å². The van der Waals surface area contributed by atoms with Crippen molar-refractivity contribution < 1.29 is 18.6 Å². The summed E-state index contributed by atoms with van der Waals surface area (Å²) < 4.78 is 31.0. The van der Waals surface area contributed by atoms with E-state index >= 15 is 0 Å². The van der Waals surface area contributed by atoms with Crippen molar-refractivity contribution in [2.45, 2.75) is 0 Å². The minimum absolute atomic E-state index is 0.268. The van der Waals surface area contributed by atoms with E-state index in [0.29, 0.717) is 17.2 Å². The van der Waals surface area contributed by atoms with Gasteiger partial charge in [-0.15, -0.1) is 0 Å². The van der Waals surface area contributed by atoms with Crippen molar-refractivity contribution in [3.8, 4) is 39.8 Å². The fourth-order valence-electron chi connectivity index (χ4n) is 2.73. The molecule has 0 aliphatic carbocycles. The molecular weight excluding hydrogens is 323 g/mol. The molecule has 0 saturated heterocycles. The highest BCUT2D eigenvalue weighted by Crippen LogP contribution is 2.41. The molecule has 3 rings (SSSR count). The quantitative estimate of drug-likeness (QED) is 0.705. The Hall–Kier alpha value is -3.02. The summed E-state index contributed by atoms with van der Waals surface area (Å²) >= 11 is 0. The van der Waals surface area contributed by atoms with Gasteiger partial charge in [0.2, 0.25) is 5.75 Å². The van der Waals surface area contributed by atoms with Crippen LogP contribution in [0.1, 0.15) is 0 Å². The average Bonchev–Trinajstić information content (AvgIpc) is 3.02. The Labute approximate surface area is 145 Å². The lowest BCUT2D eigenvalue weighted by Gasteiger charge is -2.13. The number of benzene rings is 2. The van der Waals surface area contributed by atoms with Crippen molar-refractivity contribution in [1.82, 2.24) is 9.78 Å². The van der Waals surface area contributed by atoms with Crippen molar-refractivity contribution in [1.29, 1.82) is 0 Å². The Balaban J connectivity index is 2.08. The lowest BCUT2D eigenvalue weighted by molar-refractivity contribution is 0.324. The zero-order valence-corrected chi connectivity index (χ0v) is 14.5. The van der Waals surface area contributed by atoms with Crippen LogP contribution in [0.2, 0.25) is 0 Å². The summed E-state index contributed by atoms with van der Waals surface area (Å²) in [7, 11) is 6.56. The summed E-state index contributed by atoms with van der Waals surface area (Å²) in [4.78, 5) is 0. The van der Waals surface area contributed by atoms with Crippen molar-refractivity contribution in [3.05, 3.63) is 48.3 Å². The van der Waals surface area contributed by atoms with Crippen molar-refractivity contribution in [2.24, 2.45) is 7.05 Å². The van der Waals surface area contributed by atoms with Crippen LogP contribution in [0.25, 0.3) is 22.5 Å². The molecule has 0 saturated carbocycles. The van der Waals surface area contributed by atoms with Gasteiger partial charge in [0.25, 0.3) is 0 Å². The second kappa shape index (κ2) is 6.84. The van der Waals surface area contributed by atoms with Crippen LogP contribution in [0.4, 0.5) is 4.39 Å². The fraction of sp³-hybridized carbons (Fsp3) is 0.211. The van der Waals surface area contributed by atoms with E-state index in [-0.39, 0.29) is 5.82 Å². The number of methoxy groups -OCH3 is 3. The molecule has 0 radical (unpaired) electrons. The van der Waals surface area contributed by atoms with Crippen LogP contribution in [0.15, 0.2) is 42.5 Å². The zero-order chi connectivity index (χ0) is 18.0. The predicted octanol–water partition coefficient (Wildman–Crippen LogP) is 3.92. The SMILES string of the molecule is COc1cc(-c2cc(-c3ccc(F)cc3)n(C)n2)cc(OC)c1OC. The van der Waals surface area contributed by atoms with E-state index in [9.17, 15) is 4.39 Å². The summed E-state index contributed by atoms with van der Waals surface area (Å²) in [5.74, 6) is 1.39. The fourth-order valence-corrected chi connectivity index (χ4v) is 2.73. The molecule has 0 aliphatic rings. The summed E-state index contributed by atoms with van der Waals surface area (Å²) in [6.07, 6.45) is 0. The molecule has 3 aromatic rings. The molecule has 0 N–H and O–H groups in total. The first kappa shape index (κ1) is 16.8. The zero-order valence-electron chi connectivity index (χ0n) is 14.5. The molecule has 0 aliphatic heterocycles. The third-order valence-corrected chi connectivity index (χ3v) is 3.98. The molecule has 0 atom stereocenters. The van der Waals surface area contributed by atoms with E-state index < -0.39 is 0 Å². The number of ether oxygens (including phenoxy) is 3. The minimum atomic E-state index is -0.268. The van der Waals surface area contributed by atoms with Gasteiger partial charge in [-0.25, -0.2) is 4.39 Å². The molecule has 0 amide bonds. The molecule has 1 aromatic heterocycles. The van der Waals surface area contributed by atoms with Gasteiger partial charge in [0.05, 0.1) is 32.7 Å². The molecule has 2 aromatic carbocycles. The van der Waals surface area contributed by atoms with Gasteiger partial charge in [-0.3, -0.25) is 4.68 Å². The molecular formula is C19H19FN2O3. The van der Waals surface area contributed by atoms with Gasteiger partial charge >= 0.3 is 0 Å². The Kier molecular flexibility index (Phi) is 4.61. The Morgan fingerprint density at radius 2 is 1.44 bits per heavy atom. The molecule has 5 nitrogen and oxygen atoms in total. The van der Waals surface area contributed by atoms with E-state index in [4.69, 9.17) is 14.2 Å². The number of halogens is 1. The lowest BCUT2D eigenvalue weighted by Crippen LogP contribution is -1.96. The molecule has 130 valence electrons. The first-order chi connectivity index (χ1) is 12.1. The van der Waals surface area contributed by atoms with Crippen molar-refractivity contribution in [2.75, 3.05) is 21.3 Å². The Morgan fingerprint density at radius 3 is 1.96 bits per heavy atom. The average molecular weight is 342 g/mol. The third-order valence-electron chi connectivity index (χ3n) is 3.98. The maximum absolute atomic E-state index is 13.1. The topological polar surface area (TPSA) is 45.5 Å². The lowest BCUT2D eigenvalue weighted by atomic mass is 10.1. The van der Waals surface area contributed by atoms with Crippen LogP contribution >= 0.6 is 0 Å². The first-order valence-electron chi connectivity index (χ1n) is 7.67. The maximum atomic E-state index is 13.1. The number of hydrogen-bond acceptors (Lipinski definition) is 4. The van der Waals surface area contributed by atoms with Gasteiger partial charge in [0.1, 0.15) is 5.82 Å². The summed E-state index contributed by atoms with van der Waals surface area (Å²) in [5.41, 5.74) is 3.35. The van der Waals surface area contributed by atoms with E-state index in [1.54, 1.807) is 38.1 Å². The van der Waals surface area contributed by atoms with Crippen LogP contribution in [0.3, 0.4) is 0 Å². The van der Waals surface area contributed by atoms with Crippen molar-refractivity contribution in [3.63, 3.8) is 0 Å². The molecule has 0 spiro atoms. The number of aryl methyl sites for hydroxylation is 1. The summed E-state index contributed by atoms with van der Waals surface area (Å²) in [6.45, 7) is 0. The second-order valence-corrected chi connectivity index (χ2v) is 5.46. The van der Waals surface area contributed by atoms with Crippen LogP contribution in [-0.2, 0) is 7.05 Å². The maximum Gasteiger partial charge on any atom is 0.203 e. The molecule has 0 fully saturated rings. The second-order valence-electron chi connectivity index (χ2n) is 5.46. The van der Waals surface area contributed by atoms with E-state index in [0.717, 1.165) is 22.5 Å². The highest BCUT2D eigenvalue weighted by Gasteiger charge is 2.16. The van der Waals surface area contributed by atoms with Gasteiger partial charge in [0.15, 0.2) is 11.5 Å². The first-order valence-corrected chi connectivity index (χ1v) is 7.67. The molecule has 0 bridgehead atoms. The van der Waals surface area contributed by atoms with Crippen molar-refractivity contribution >= 4 is 0 Å². The smallest absolute Gasteiger partial charge is 0.203 e. The molecule has 6 heteroatoms. The predicted molar refractivity (Wildman–Crippen MR) is 93.7 cm³/mol. The van der Waals surface area contributed by atoms with E-state index in [1.807, 2.05) is 25.2 Å². The van der Waals surface area contributed by atoms with Gasteiger partial charge in [-0.2, -0.15) is 5.10 Å². The van der Waals surface area contributed by atoms with Gasteiger partial charge in [-0.05, 0) is 48.0 Å². The van der Waals surface area contributed by atoms with Crippen LogP contribution in [0, 0.1) is 5.82 Å².